The molecular formula is C18H18N4O3. The molecule has 0 radical (unpaired) electrons. The van der Waals surface area contributed by atoms with Gasteiger partial charge in [0.05, 0.1) is 12.6 Å². The van der Waals surface area contributed by atoms with Crippen molar-refractivity contribution >= 4 is 23.2 Å². The fourth-order valence-corrected chi connectivity index (χ4v) is 2.42. The molecule has 7 heteroatoms. The van der Waals surface area contributed by atoms with Gasteiger partial charge in [-0.15, -0.1) is 0 Å². The van der Waals surface area contributed by atoms with E-state index in [0.29, 0.717) is 23.7 Å². The molecule has 0 aliphatic carbocycles. The first kappa shape index (κ1) is 16.6. The van der Waals surface area contributed by atoms with Gasteiger partial charge < -0.3 is 10.1 Å². The van der Waals surface area contributed by atoms with E-state index in [1.54, 1.807) is 36.7 Å². The van der Waals surface area contributed by atoms with E-state index in [4.69, 9.17) is 4.74 Å². The number of hydrogen-bond acceptors (Lipinski definition) is 5. The summed E-state index contributed by atoms with van der Waals surface area (Å²) in [5, 5.41) is 8.10. The minimum absolute atomic E-state index is 0.0286. The number of pyridine rings is 1. The molecular weight excluding hydrogens is 320 g/mol. The Balaban J connectivity index is 1.69. The highest BCUT2D eigenvalue weighted by atomic mass is 16.5. The summed E-state index contributed by atoms with van der Waals surface area (Å²) in [7, 11) is 0. The zero-order valence-corrected chi connectivity index (χ0v) is 14.0. The fourth-order valence-electron chi connectivity index (χ4n) is 2.42. The molecule has 1 N–H and O–H groups in total. The minimum Gasteiger partial charge on any atom is -0.455 e. The number of ether oxygens (including phenoxy) is 1. The Hall–Kier alpha value is -3.22. The van der Waals surface area contributed by atoms with E-state index in [2.05, 4.69) is 15.4 Å². The maximum Gasteiger partial charge on any atom is 0.272 e. The molecule has 0 spiro atoms. The van der Waals surface area contributed by atoms with Crippen LogP contribution < -0.4 is 10.1 Å². The molecule has 0 atom stereocenters. The van der Waals surface area contributed by atoms with Crippen molar-refractivity contribution in [1.29, 1.82) is 0 Å². The van der Waals surface area contributed by atoms with E-state index >= 15 is 0 Å². The van der Waals surface area contributed by atoms with Gasteiger partial charge in [-0.05, 0) is 49.7 Å². The number of nitrogens with one attached hydrogen (secondary N) is 1. The molecule has 1 aliphatic heterocycles. The molecule has 2 amide bonds. The molecule has 0 fully saturated rings. The first-order valence-corrected chi connectivity index (χ1v) is 7.94. The third-order valence-electron chi connectivity index (χ3n) is 3.70. The normalized spacial score (nSPS) is 13.6. The SMILES string of the molecule is CCN1N=C(C(=O)Nc2ccc(Oc3cccnc3)c(C)c2)CC1=O. The van der Waals surface area contributed by atoms with Crippen LogP contribution in [0.5, 0.6) is 11.5 Å². The van der Waals surface area contributed by atoms with Crippen molar-refractivity contribution in [3.63, 3.8) is 0 Å². The third kappa shape index (κ3) is 3.82. The predicted molar refractivity (Wildman–Crippen MR) is 93.6 cm³/mol. The standard InChI is InChI=1S/C18H18N4O3/c1-3-22-17(23)10-15(21-22)18(24)20-13-6-7-16(12(2)9-13)25-14-5-4-8-19-11-14/h4-9,11H,3,10H2,1-2H3,(H,20,24). The summed E-state index contributed by atoms with van der Waals surface area (Å²) < 4.78 is 5.76. The number of amides is 2. The zero-order valence-electron chi connectivity index (χ0n) is 14.0. The van der Waals surface area contributed by atoms with Crippen molar-refractivity contribution in [3.05, 3.63) is 48.3 Å². The van der Waals surface area contributed by atoms with Gasteiger partial charge in [-0.25, -0.2) is 5.01 Å². The summed E-state index contributed by atoms with van der Waals surface area (Å²) in [6.45, 7) is 4.15. The first-order chi connectivity index (χ1) is 12.1. The molecule has 1 aromatic heterocycles. The van der Waals surface area contributed by atoms with Crippen LogP contribution in [0, 0.1) is 6.92 Å². The number of benzene rings is 1. The molecule has 128 valence electrons. The van der Waals surface area contributed by atoms with Crippen molar-refractivity contribution in [2.75, 3.05) is 11.9 Å². The summed E-state index contributed by atoms with van der Waals surface area (Å²) in [4.78, 5) is 27.9. The number of nitrogens with zero attached hydrogens (tertiary/aromatic N) is 3. The summed E-state index contributed by atoms with van der Waals surface area (Å²) >= 11 is 0. The number of aryl methyl sites for hydroxylation is 1. The van der Waals surface area contributed by atoms with Crippen LogP contribution in [0.25, 0.3) is 0 Å². The minimum atomic E-state index is -0.371. The maximum absolute atomic E-state index is 12.2. The average molecular weight is 338 g/mol. The van der Waals surface area contributed by atoms with Crippen LogP contribution in [-0.2, 0) is 9.59 Å². The second-order valence-corrected chi connectivity index (χ2v) is 5.56. The van der Waals surface area contributed by atoms with E-state index in [9.17, 15) is 9.59 Å². The Morgan fingerprint density at radius 1 is 1.36 bits per heavy atom. The number of hydrazone groups is 1. The lowest BCUT2D eigenvalue weighted by molar-refractivity contribution is -0.128. The van der Waals surface area contributed by atoms with Gasteiger partial charge in [-0.2, -0.15) is 5.10 Å². The van der Waals surface area contributed by atoms with Gasteiger partial charge in [0.25, 0.3) is 5.91 Å². The molecule has 1 aromatic carbocycles. The number of aromatic nitrogens is 1. The van der Waals surface area contributed by atoms with Gasteiger partial charge in [-0.3, -0.25) is 14.6 Å². The Labute approximate surface area is 145 Å². The Kier molecular flexibility index (Phi) is 4.74. The van der Waals surface area contributed by atoms with E-state index in [1.165, 1.54) is 5.01 Å². The van der Waals surface area contributed by atoms with Crippen LogP contribution in [0.1, 0.15) is 18.9 Å². The van der Waals surface area contributed by atoms with Crippen LogP contribution in [-0.4, -0.2) is 34.1 Å². The molecule has 2 heterocycles. The molecule has 2 aromatic rings. The highest BCUT2D eigenvalue weighted by Gasteiger charge is 2.27. The van der Waals surface area contributed by atoms with Gasteiger partial charge in [-0.1, -0.05) is 0 Å². The van der Waals surface area contributed by atoms with Crippen molar-refractivity contribution in [1.82, 2.24) is 9.99 Å². The van der Waals surface area contributed by atoms with E-state index < -0.39 is 0 Å². The third-order valence-corrected chi connectivity index (χ3v) is 3.70. The lowest BCUT2D eigenvalue weighted by Gasteiger charge is -2.11. The fraction of sp³-hybridized carbons (Fsp3) is 0.222. The molecule has 7 nitrogen and oxygen atoms in total. The molecule has 0 saturated carbocycles. The van der Waals surface area contributed by atoms with Gasteiger partial charge in [0, 0.05) is 18.4 Å². The van der Waals surface area contributed by atoms with Crippen LogP contribution in [0.2, 0.25) is 0 Å². The molecule has 0 bridgehead atoms. The van der Waals surface area contributed by atoms with Crippen molar-refractivity contribution in [2.24, 2.45) is 5.10 Å². The largest absolute Gasteiger partial charge is 0.455 e. The Bertz CT molecular complexity index is 833. The van der Waals surface area contributed by atoms with Crippen molar-refractivity contribution < 1.29 is 14.3 Å². The van der Waals surface area contributed by atoms with Crippen LogP contribution in [0.15, 0.2) is 47.8 Å². The number of rotatable bonds is 5. The first-order valence-electron chi connectivity index (χ1n) is 7.94. The molecule has 3 rings (SSSR count). The second kappa shape index (κ2) is 7.12. The predicted octanol–water partition coefficient (Wildman–Crippen LogP) is 2.73. The summed E-state index contributed by atoms with van der Waals surface area (Å²) in [6.07, 6.45) is 3.33. The number of carbonyl (C=O) groups is 2. The van der Waals surface area contributed by atoms with Gasteiger partial charge in [0.1, 0.15) is 17.2 Å². The molecule has 0 unspecified atom stereocenters. The maximum atomic E-state index is 12.2. The lowest BCUT2D eigenvalue weighted by Crippen LogP contribution is -2.22. The second-order valence-electron chi connectivity index (χ2n) is 5.56. The number of anilines is 1. The zero-order chi connectivity index (χ0) is 17.8. The van der Waals surface area contributed by atoms with Crippen LogP contribution >= 0.6 is 0 Å². The highest BCUT2D eigenvalue weighted by molar-refractivity contribution is 6.46. The van der Waals surface area contributed by atoms with E-state index in [0.717, 1.165) is 5.56 Å². The van der Waals surface area contributed by atoms with Gasteiger partial charge in [0.2, 0.25) is 5.91 Å². The van der Waals surface area contributed by atoms with Crippen molar-refractivity contribution in [3.8, 4) is 11.5 Å². The monoisotopic (exact) mass is 338 g/mol. The Morgan fingerprint density at radius 3 is 2.84 bits per heavy atom. The van der Waals surface area contributed by atoms with Crippen LogP contribution in [0.4, 0.5) is 5.69 Å². The van der Waals surface area contributed by atoms with E-state index in [1.807, 2.05) is 19.9 Å². The topological polar surface area (TPSA) is 83.9 Å². The van der Waals surface area contributed by atoms with Crippen molar-refractivity contribution in [2.45, 2.75) is 20.3 Å². The van der Waals surface area contributed by atoms with Gasteiger partial charge >= 0.3 is 0 Å². The quantitative estimate of drug-likeness (QED) is 0.908. The van der Waals surface area contributed by atoms with Gasteiger partial charge in [0.15, 0.2) is 0 Å². The number of carbonyl (C=O) groups excluding carboxylic acids is 2. The van der Waals surface area contributed by atoms with Crippen LogP contribution in [0.3, 0.4) is 0 Å². The lowest BCUT2D eigenvalue weighted by atomic mass is 10.2. The molecule has 25 heavy (non-hydrogen) atoms. The molecule has 1 aliphatic rings. The smallest absolute Gasteiger partial charge is 0.272 e. The molecule has 0 saturated heterocycles. The number of hydrogen-bond donors (Lipinski definition) is 1. The van der Waals surface area contributed by atoms with E-state index in [-0.39, 0.29) is 23.9 Å². The summed E-state index contributed by atoms with van der Waals surface area (Å²) in [6, 6.07) is 8.93. The summed E-state index contributed by atoms with van der Waals surface area (Å²) in [5.74, 6) is 0.783. The summed E-state index contributed by atoms with van der Waals surface area (Å²) in [5.41, 5.74) is 1.70. The Morgan fingerprint density at radius 2 is 2.20 bits per heavy atom. The highest BCUT2D eigenvalue weighted by Crippen LogP contribution is 2.27. The average Bonchev–Trinajstić information content (AvgIpc) is 2.99.